The number of phenolic OH excluding ortho intramolecular Hbond substituents is 1. The van der Waals surface area contributed by atoms with E-state index in [0.29, 0.717) is 25.0 Å². The monoisotopic (exact) mass is 692 g/mol. The summed E-state index contributed by atoms with van der Waals surface area (Å²) in [7, 11) is 0. The number of rotatable bonds is 10. The Balaban J connectivity index is 1.13. The van der Waals surface area contributed by atoms with Crippen LogP contribution < -0.4 is 9.64 Å². The van der Waals surface area contributed by atoms with Crippen LogP contribution in [0.5, 0.6) is 11.5 Å². The number of carbonyl (C=O) groups excluding carboxylic acids is 2. The molecule has 9 heteroatoms. The van der Waals surface area contributed by atoms with Crippen molar-refractivity contribution in [3.63, 3.8) is 0 Å². The Labute approximate surface area is 300 Å². The molecule has 3 aliphatic rings. The number of para-hydroxylation sites is 1. The zero-order valence-electron chi connectivity index (χ0n) is 28.3. The summed E-state index contributed by atoms with van der Waals surface area (Å²) < 4.78 is 12.8. The number of allylic oxidation sites excluding steroid dienone is 1. The Morgan fingerprint density at radius 3 is 2.37 bits per heavy atom. The summed E-state index contributed by atoms with van der Waals surface area (Å²) in [6, 6.07) is 36.8. The van der Waals surface area contributed by atoms with E-state index in [-0.39, 0.29) is 54.2 Å². The fraction of sp³-hybridized carbons (Fsp3) is 0.209. The molecule has 0 aromatic heterocycles. The maximum absolute atomic E-state index is 14.2. The molecule has 2 aliphatic heterocycles. The molecule has 260 valence electrons. The molecule has 2 saturated heterocycles. The number of hydrogen-bond acceptors (Lipinski definition) is 7. The van der Waals surface area contributed by atoms with E-state index in [9.17, 15) is 24.8 Å². The van der Waals surface area contributed by atoms with Crippen molar-refractivity contribution in [1.82, 2.24) is 0 Å². The predicted molar refractivity (Wildman–Crippen MR) is 199 cm³/mol. The second-order valence-electron chi connectivity index (χ2n) is 13.5. The van der Waals surface area contributed by atoms with E-state index in [1.54, 1.807) is 12.1 Å². The first-order chi connectivity index (χ1) is 25.4. The molecule has 8 rings (SSSR count). The summed E-state index contributed by atoms with van der Waals surface area (Å²) in [5.74, 6) is -1.37. The summed E-state index contributed by atoms with van der Waals surface area (Å²) in [6.07, 6.45) is 3.49. The van der Waals surface area contributed by atoms with Crippen molar-refractivity contribution in [1.29, 1.82) is 0 Å². The molecule has 0 spiro atoms. The van der Waals surface area contributed by atoms with Crippen LogP contribution in [-0.4, -0.2) is 41.2 Å². The lowest BCUT2D eigenvalue weighted by molar-refractivity contribution is -0.384. The SMILES string of the molecule is O=C1[C@@H]2[C@@H](CC(COc3ccccc3)=C3[C@@H](CC/C(=C/c4ccc(O)c5ccccc45)c4ccccc4)OC[C@@H]32)C(=O)N1c1cccc([N+](=O)[O-])c1. The lowest BCUT2D eigenvalue weighted by Gasteiger charge is -2.31. The fourth-order valence-corrected chi connectivity index (χ4v) is 8.15. The van der Waals surface area contributed by atoms with Crippen LogP contribution in [0.25, 0.3) is 22.4 Å². The summed E-state index contributed by atoms with van der Waals surface area (Å²) in [5.41, 5.74) is 5.15. The molecule has 5 aromatic carbocycles. The van der Waals surface area contributed by atoms with Crippen LogP contribution in [0.4, 0.5) is 11.4 Å². The van der Waals surface area contributed by atoms with Crippen LogP contribution in [0.2, 0.25) is 0 Å². The maximum atomic E-state index is 14.2. The van der Waals surface area contributed by atoms with Crippen LogP contribution in [-0.2, 0) is 14.3 Å². The number of non-ortho nitro benzene ring substituents is 1. The van der Waals surface area contributed by atoms with E-state index >= 15 is 0 Å². The number of fused-ring (bicyclic) bond motifs is 4. The number of imide groups is 1. The van der Waals surface area contributed by atoms with Gasteiger partial charge in [-0.25, -0.2) is 4.90 Å². The van der Waals surface area contributed by atoms with Crippen molar-refractivity contribution in [3.8, 4) is 11.5 Å². The van der Waals surface area contributed by atoms with Gasteiger partial charge in [-0.2, -0.15) is 0 Å². The average molecular weight is 693 g/mol. The molecular weight excluding hydrogens is 656 g/mol. The number of nitrogens with zero attached hydrogens (tertiary/aromatic N) is 2. The predicted octanol–water partition coefficient (Wildman–Crippen LogP) is 8.37. The minimum atomic E-state index is -0.639. The molecule has 0 unspecified atom stereocenters. The van der Waals surface area contributed by atoms with Crippen LogP contribution in [0.15, 0.2) is 132 Å². The zero-order valence-corrected chi connectivity index (χ0v) is 28.3. The van der Waals surface area contributed by atoms with Gasteiger partial charge in [-0.05, 0) is 76.8 Å². The molecule has 1 N–H and O–H groups in total. The number of aromatic hydroxyl groups is 1. The van der Waals surface area contributed by atoms with E-state index in [4.69, 9.17) is 9.47 Å². The third-order valence-corrected chi connectivity index (χ3v) is 10.5. The van der Waals surface area contributed by atoms with Crippen LogP contribution >= 0.6 is 0 Å². The molecule has 2 fully saturated rings. The minimum Gasteiger partial charge on any atom is -0.507 e. The molecule has 2 heterocycles. The van der Waals surface area contributed by atoms with Gasteiger partial charge in [0.25, 0.3) is 5.69 Å². The number of benzene rings is 5. The van der Waals surface area contributed by atoms with Gasteiger partial charge in [0.2, 0.25) is 11.8 Å². The molecule has 0 radical (unpaired) electrons. The summed E-state index contributed by atoms with van der Waals surface area (Å²) in [5, 5.41) is 23.8. The summed E-state index contributed by atoms with van der Waals surface area (Å²) in [4.78, 5) is 40.3. The highest BCUT2D eigenvalue weighted by molar-refractivity contribution is 6.22. The van der Waals surface area contributed by atoms with Gasteiger partial charge in [-0.1, -0.05) is 91.0 Å². The first-order valence-electron chi connectivity index (χ1n) is 17.5. The maximum Gasteiger partial charge on any atom is 0.271 e. The Hall–Kier alpha value is -6.06. The lowest BCUT2D eigenvalue weighted by Crippen LogP contribution is -2.35. The Morgan fingerprint density at radius 1 is 0.865 bits per heavy atom. The summed E-state index contributed by atoms with van der Waals surface area (Å²) in [6.45, 7) is 0.531. The highest BCUT2D eigenvalue weighted by Crippen LogP contribution is 2.51. The largest absolute Gasteiger partial charge is 0.507 e. The lowest BCUT2D eigenvalue weighted by atomic mass is 9.69. The van der Waals surface area contributed by atoms with Crippen LogP contribution in [0.3, 0.4) is 0 Å². The average Bonchev–Trinajstić information content (AvgIpc) is 3.71. The first-order valence-corrected chi connectivity index (χ1v) is 17.5. The van der Waals surface area contributed by atoms with Crippen molar-refractivity contribution in [3.05, 3.63) is 154 Å². The molecule has 9 nitrogen and oxygen atoms in total. The van der Waals surface area contributed by atoms with Crippen molar-refractivity contribution in [2.45, 2.75) is 25.4 Å². The van der Waals surface area contributed by atoms with E-state index in [0.717, 1.165) is 43.5 Å². The molecule has 2 amide bonds. The fourth-order valence-electron chi connectivity index (χ4n) is 8.15. The molecule has 0 saturated carbocycles. The number of hydrogen-bond donors (Lipinski definition) is 1. The topological polar surface area (TPSA) is 119 Å². The molecule has 1 aliphatic carbocycles. The highest BCUT2D eigenvalue weighted by Gasteiger charge is 2.57. The third kappa shape index (κ3) is 6.13. The van der Waals surface area contributed by atoms with Gasteiger partial charge in [-0.3, -0.25) is 19.7 Å². The van der Waals surface area contributed by atoms with E-state index in [1.165, 1.54) is 18.2 Å². The number of nitro benzene ring substituents is 1. The van der Waals surface area contributed by atoms with Crippen molar-refractivity contribution in [2.24, 2.45) is 17.8 Å². The van der Waals surface area contributed by atoms with Gasteiger partial charge in [0.15, 0.2) is 0 Å². The first kappa shape index (κ1) is 33.1. The van der Waals surface area contributed by atoms with Gasteiger partial charge < -0.3 is 14.6 Å². The highest BCUT2D eigenvalue weighted by atomic mass is 16.6. The van der Waals surface area contributed by atoms with Crippen molar-refractivity contribution in [2.75, 3.05) is 18.1 Å². The summed E-state index contributed by atoms with van der Waals surface area (Å²) >= 11 is 0. The second-order valence-corrected chi connectivity index (χ2v) is 13.5. The number of carbonyl (C=O) groups is 2. The molecular formula is C43H36N2O7. The number of amides is 2. The second kappa shape index (κ2) is 13.9. The number of ether oxygens (including phenoxy) is 2. The Bertz CT molecular complexity index is 2250. The van der Waals surface area contributed by atoms with Crippen LogP contribution in [0, 0.1) is 27.9 Å². The van der Waals surface area contributed by atoms with Gasteiger partial charge in [0, 0.05) is 23.4 Å². The molecule has 4 atom stereocenters. The van der Waals surface area contributed by atoms with E-state index < -0.39 is 16.8 Å². The molecule has 52 heavy (non-hydrogen) atoms. The zero-order chi connectivity index (χ0) is 35.8. The third-order valence-electron chi connectivity index (χ3n) is 10.5. The quantitative estimate of drug-likeness (QED) is 0.0514. The number of phenols is 1. The van der Waals surface area contributed by atoms with Crippen molar-refractivity contribution >= 4 is 45.6 Å². The van der Waals surface area contributed by atoms with E-state index in [1.807, 2.05) is 78.9 Å². The number of nitro groups is 1. The van der Waals surface area contributed by atoms with Crippen molar-refractivity contribution < 1.29 is 29.1 Å². The van der Waals surface area contributed by atoms with Gasteiger partial charge in [-0.15, -0.1) is 0 Å². The Morgan fingerprint density at radius 2 is 1.60 bits per heavy atom. The van der Waals surface area contributed by atoms with Gasteiger partial charge in [0.1, 0.15) is 18.1 Å². The molecule has 5 aromatic rings. The van der Waals surface area contributed by atoms with E-state index in [2.05, 4.69) is 18.2 Å². The Kier molecular flexibility index (Phi) is 8.86. The van der Waals surface area contributed by atoms with Gasteiger partial charge >= 0.3 is 0 Å². The standard InChI is InChI=1S/C43H36N2O7/c46-38-20-18-29(34-16-7-8-17-35(34)38)22-28(27-10-3-1-4-11-27)19-21-39-40-30(25-51-33-14-5-2-6-15-33)23-36-41(37(40)26-52-39)43(48)44(42(36)47)31-12-9-13-32(24-31)45(49)50/h1-18,20,22,24,36-37,39,41,46H,19,21,23,25-26H2/b28-22-/t36-,37+,39-,41-/m1/s1. The number of anilines is 1. The molecule has 0 bridgehead atoms. The normalized spacial score (nSPS) is 21.4. The minimum absolute atomic E-state index is 0.185. The smallest absolute Gasteiger partial charge is 0.271 e. The van der Waals surface area contributed by atoms with Crippen LogP contribution in [0.1, 0.15) is 30.4 Å². The van der Waals surface area contributed by atoms with Gasteiger partial charge in [0.05, 0.1) is 35.2 Å².